The van der Waals surface area contributed by atoms with Crippen LogP contribution in [-0.4, -0.2) is 7.05 Å². The van der Waals surface area contributed by atoms with E-state index in [4.69, 9.17) is 0 Å². The molecule has 1 aliphatic rings. The molecule has 5 aromatic rings. The van der Waals surface area contributed by atoms with Crippen molar-refractivity contribution in [1.82, 2.24) is 0 Å². The third kappa shape index (κ3) is 3.65. The zero-order valence-corrected chi connectivity index (χ0v) is 20.5. The van der Waals surface area contributed by atoms with Crippen molar-refractivity contribution in [3.8, 4) is 33.4 Å². The van der Waals surface area contributed by atoms with Gasteiger partial charge in [0.05, 0.1) is 0 Å². The third-order valence-electron chi connectivity index (χ3n) is 7.47. The number of hydrogen-bond donors (Lipinski definition) is 0. The first kappa shape index (κ1) is 21.4. The van der Waals surface area contributed by atoms with Crippen LogP contribution >= 0.6 is 0 Å². The van der Waals surface area contributed by atoms with Gasteiger partial charge in [0.2, 0.25) is 0 Å². The molecule has 0 aliphatic heterocycles. The van der Waals surface area contributed by atoms with E-state index < -0.39 is 0 Å². The molecule has 1 nitrogen and oxygen atoms in total. The molecule has 0 spiro atoms. The molecule has 5 aromatic carbocycles. The Labute approximate surface area is 208 Å². The summed E-state index contributed by atoms with van der Waals surface area (Å²) in [6, 6.07) is 44.0. The Hall–Kier alpha value is -4.10. The molecule has 0 radical (unpaired) electrons. The highest BCUT2D eigenvalue weighted by Gasteiger charge is 2.35. The van der Waals surface area contributed by atoms with Gasteiger partial charge in [0.25, 0.3) is 0 Å². The fourth-order valence-corrected chi connectivity index (χ4v) is 5.45. The number of fused-ring (bicyclic) bond motifs is 3. The summed E-state index contributed by atoms with van der Waals surface area (Å²) >= 11 is 0. The van der Waals surface area contributed by atoms with Gasteiger partial charge in [-0.15, -0.1) is 0 Å². The lowest BCUT2D eigenvalue weighted by Gasteiger charge is -2.25. The molecule has 0 N–H and O–H groups in total. The van der Waals surface area contributed by atoms with Gasteiger partial charge in [0, 0.05) is 23.8 Å². The highest BCUT2D eigenvalue weighted by atomic mass is 15.1. The molecule has 1 aliphatic carbocycles. The first-order chi connectivity index (χ1) is 17.0. The quantitative estimate of drug-likeness (QED) is 0.263. The highest BCUT2D eigenvalue weighted by molar-refractivity contribution is 5.85. The monoisotopic (exact) mass is 451 g/mol. The Bertz CT molecular complexity index is 1460. The van der Waals surface area contributed by atoms with E-state index >= 15 is 0 Å². The molecule has 0 saturated heterocycles. The molecule has 0 unspecified atom stereocenters. The van der Waals surface area contributed by atoms with Crippen molar-refractivity contribution in [3.63, 3.8) is 0 Å². The lowest BCUT2D eigenvalue weighted by atomic mass is 9.82. The number of hydrogen-bond acceptors (Lipinski definition) is 1. The van der Waals surface area contributed by atoms with Gasteiger partial charge in [-0.2, -0.15) is 0 Å². The summed E-state index contributed by atoms with van der Waals surface area (Å²) in [5.74, 6) is 0. The average Bonchev–Trinajstić information content (AvgIpc) is 3.15. The van der Waals surface area contributed by atoms with Crippen LogP contribution in [0.2, 0.25) is 0 Å². The highest BCUT2D eigenvalue weighted by Crippen LogP contribution is 2.49. The summed E-state index contributed by atoms with van der Waals surface area (Å²) in [5.41, 5.74) is 12.8. The Kier molecular flexibility index (Phi) is 5.07. The second-order valence-electron chi connectivity index (χ2n) is 9.96. The van der Waals surface area contributed by atoms with Gasteiger partial charge >= 0.3 is 0 Å². The van der Waals surface area contributed by atoms with Crippen molar-refractivity contribution < 1.29 is 0 Å². The standard InChI is InChI=1S/C34H29N/c1-34(2)32-17-11-10-16-30(32)31-19-18-28(23-33(31)34)35(3)29-21-26(24-12-6-4-7-13-24)20-27(22-29)25-14-8-5-9-15-25/h4-23H,1-3H3. The molecule has 0 aromatic heterocycles. The molecule has 0 heterocycles. The van der Waals surface area contributed by atoms with Gasteiger partial charge in [-0.3, -0.25) is 0 Å². The van der Waals surface area contributed by atoms with E-state index in [-0.39, 0.29) is 5.41 Å². The van der Waals surface area contributed by atoms with E-state index in [1.54, 1.807) is 0 Å². The lowest BCUT2D eigenvalue weighted by molar-refractivity contribution is 0.660. The maximum Gasteiger partial charge on any atom is 0.0420 e. The van der Waals surface area contributed by atoms with Gasteiger partial charge < -0.3 is 4.90 Å². The van der Waals surface area contributed by atoms with Crippen LogP contribution in [0.4, 0.5) is 11.4 Å². The number of nitrogens with zero attached hydrogens (tertiary/aromatic N) is 1. The fourth-order valence-electron chi connectivity index (χ4n) is 5.45. The van der Waals surface area contributed by atoms with Crippen LogP contribution in [0.3, 0.4) is 0 Å². The Morgan fingerprint density at radius 1 is 0.457 bits per heavy atom. The van der Waals surface area contributed by atoms with Gasteiger partial charge in [-0.25, -0.2) is 0 Å². The number of anilines is 2. The minimum absolute atomic E-state index is 0.0101. The van der Waals surface area contributed by atoms with Crippen molar-refractivity contribution in [2.24, 2.45) is 0 Å². The molecule has 0 saturated carbocycles. The topological polar surface area (TPSA) is 3.24 Å². The van der Waals surface area contributed by atoms with Crippen molar-refractivity contribution in [2.45, 2.75) is 19.3 Å². The molecule has 170 valence electrons. The number of benzene rings is 5. The summed E-state index contributed by atoms with van der Waals surface area (Å²) in [5, 5.41) is 0. The first-order valence-corrected chi connectivity index (χ1v) is 12.3. The minimum atomic E-state index is -0.0101. The predicted octanol–water partition coefficient (Wildman–Crippen LogP) is 9.09. The molecule has 0 amide bonds. The van der Waals surface area contributed by atoms with Crippen LogP contribution in [0, 0.1) is 0 Å². The van der Waals surface area contributed by atoms with Crippen molar-refractivity contribution in [3.05, 3.63) is 132 Å². The molecule has 1 heteroatoms. The van der Waals surface area contributed by atoms with E-state index in [1.165, 1.54) is 55.9 Å². The summed E-state index contributed by atoms with van der Waals surface area (Å²) in [6.07, 6.45) is 0. The average molecular weight is 452 g/mol. The largest absolute Gasteiger partial charge is 0.345 e. The Morgan fingerprint density at radius 2 is 1.00 bits per heavy atom. The van der Waals surface area contributed by atoms with Crippen molar-refractivity contribution >= 4 is 11.4 Å². The minimum Gasteiger partial charge on any atom is -0.345 e. The first-order valence-electron chi connectivity index (χ1n) is 12.3. The summed E-state index contributed by atoms with van der Waals surface area (Å²) in [4.78, 5) is 2.32. The zero-order valence-electron chi connectivity index (χ0n) is 20.5. The van der Waals surface area contributed by atoms with Crippen LogP contribution in [0.25, 0.3) is 33.4 Å². The Morgan fingerprint density at radius 3 is 1.63 bits per heavy atom. The van der Waals surface area contributed by atoms with Crippen molar-refractivity contribution in [1.29, 1.82) is 0 Å². The molecular formula is C34H29N. The van der Waals surface area contributed by atoms with Gasteiger partial charge in [-0.1, -0.05) is 105 Å². The molecule has 0 atom stereocenters. The molecule has 0 bridgehead atoms. The normalized spacial score (nSPS) is 13.2. The van der Waals surface area contributed by atoms with Crippen LogP contribution in [0.5, 0.6) is 0 Å². The Balaban J connectivity index is 1.47. The zero-order chi connectivity index (χ0) is 24.0. The molecule has 6 rings (SSSR count). The lowest BCUT2D eigenvalue weighted by Crippen LogP contribution is -2.16. The van der Waals surface area contributed by atoms with E-state index in [1.807, 2.05) is 0 Å². The van der Waals surface area contributed by atoms with Crippen LogP contribution in [-0.2, 0) is 5.41 Å². The van der Waals surface area contributed by atoms with Gasteiger partial charge in [0.15, 0.2) is 0 Å². The van der Waals surface area contributed by atoms with Crippen LogP contribution in [0.15, 0.2) is 121 Å². The summed E-state index contributed by atoms with van der Waals surface area (Å²) in [7, 11) is 2.18. The number of rotatable bonds is 4. The summed E-state index contributed by atoms with van der Waals surface area (Å²) in [6.45, 7) is 4.68. The molecule has 35 heavy (non-hydrogen) atoms. The maximum atomic E-state index is 2.38. The van der Waals surface area contributed by atoms with E-state index in [2.05, 4.69) is 147 Å². The maximum absolute atomic E-state index is 2.38. The van der Waals surface area contributed by atoms with E-state index in [9.17, 15) is 0 Å². The SMILES string of the molecule is CN(c1cc(-c2ccccc2)cc(-c2ccccc2)c1)c1ccc2c(c1)C(C)(C)c1ccccc1-2. The van der Waals surface area contributed by atoms with E-state index in [0.717, 1.165) is 0 Å². The molecule has 0 fully saturated rings. The van der Waals surface area contributed by atoms with Crippen molar-refractivity contribution in [2.75, 3.05) is 11.9 Å². The van der Waals surface area contributed by atoms with Gasteiger partial charge in [0.1, 0.15) is 0 Å². The van der Waals surface area contributed by atoms with Gasteiger partial charge in [-0.05, 0) is 74.8 Å². The van der Waals surface area contributed by atoms with Crippen LogP contribution in [0.1, 0.15) is 25.0 Å². The summed E-state index contributed by atoms with van der Waals surface area (Å²) < 4.78 is 0. The third-order valence-corrected chi connectivity index (χ3v) is 7.47. The predicted molar refractivity (Wildman–Crippen MR) is 149 cm³/mol. The fraction of sp³-hybridized carbons (Fsp3) is 0.118. The smallest absolute Gasteiger partial charge is 0.0420 e. The molecular weight excluding hydrogens is 422 g/mol. The van der Waals surface area contributed by atoms with E-state index in [0.29, 0.717) is 0 Å². The second kappa shape index (κ2) is 8.29. The second-order valence-corrected chi connectivity index (χ2v) is 9.96. The van der Waals surface area contributed by atoms with Crippen LogP contribution < -0.4 is 4.90 Å².